The van der Waals surface area contributed by atoms with E-state index in [0.717, 1.165) is 36.9 Å². The van der Waals surface area contributed by atoms with Crippen LogP contribution >= 0.6 is 15.9 Å². The minimum atomic E-state index is 0.158. The normalized spacial score (nSPS) is 25.5. The molecule has 0 bridgehead atoms. The maximum Gasteiger partial charge on any atom is 0.225 e. The molecule has 2 saturated heterocycles. The summed E-state index contributed by atoms with van der Waals surface area (Å²) >= 11 is 3.57. The van der Waals surface area contributed by atoms with Gasteiger partial charge in [0.15, 0.2) is 0 Å². The van der Waals surface area contributed by atoms with Crippen molar-refractivity contribution >= 4 is 27.5 Å². The third-order valence-electron chi connectivity index (χ3n) is 4.33. The Hall–Kier alpha value is -1.07. The van der Waals surface area contributed by atoms with Gasteiger partial charge in [-0.3, -0.25) is 4.79 Å². The Morgan fingerprint density at radius 1 is 1.50 bits per heavy atom. The lowest BCUT2D eigenvalue weighted by atomic mass is 9.90. The molecular formula is C15H20BrN3O. The molecule has 0 radical (unpaired) electrons. The molecule has 2 atom stereocenters. The van der Waals surface area contributed by atoms with Crippen molar-refractivity contribution in [3.8, 4) is 0 Å². The van der Waals surface area contributed by atoms with Gasteiger partial charge >= 0.3 is 0 Å². The Kier molecular flexibility index (Phi) is 3.98. The second-order valence-electron chi connectivity index (χ2n) is 5.56. The van der Waals surface area contributed by atoms with E-state index in [1.807, 2.05) is 7.05 Å². The first-order chi connectivity index (χ1) is 9.70. The molecule has 1 amide bonds. The third-order valence-corrected chi connectivity index (χ3v) is 4.82. The number of rotatable bonds is 3. The number of anilines is 1. The average Bonchev–Trinajstić information content (AvgIpc) is 2.83. The van der Waals surface area contributed by atoms with Crippen LogP contribution in [0, 0.1) is 5.92 Å². The van der Waals surface area contributed by atoms with E-state index in [4.69, 9.17) is 0 Å². The van der Waals surface area contributed by atoms with Crippen molar-refractivity contribution in [3.63, 3.8) is 0 Å². The molecule has 2 heterocycles. The molecule has 2 unspecified atom stereocenters. The molecule has 5 heteroatoms. The number of hydrogen-bond donors (Lipinski definition) is 2. The van der Waals surface area contributed by atoms with Gasteiger partial charge in [-0.15, -0.1) is 0 Å². The van der Waals surface area contributed by atoms with Crippen molar-refractivity contribution in [2.24, 2.45) is 5.92 Å². The van der Waals surface area contributed by atoms with Crippen molar-refractivity contribution in [1.29, 1.82) is 0 Å². The molecule has 20 heavy (non-hydrogen) atoms. The molecule has 1 aromatic carbocycles. The van der Waals surface area contributed by atoms with Gasteiger partial charge in [-0.25, -0.2) is 0 Å². The van der Waals surface area contributed by atoms with Crippen molar-refractivity contribution in [2.75, 3.05) is 25.0 Å². The number of fused-ring (bicyclic) bond motifs is 1. The predicted octanol–water partition coefficient (Wildman–Crippen LogP) is 1.88. The quantitative estimate of drug-likeness (QED) is 0.885. The highest BCUT2D eigenvalue weighted by Gasteiger charge is 2.41. The number of nitrogens with zero attached hydrogens (tertiary/aromatic N) is 1. The topological polar surface area (TPSA) is 44.4 Å². The van der Waals surface area contributed by atoms with Crippen molar-refractivity contribution in [3.05, 3.63) is 28.2 Å². The third kappa shape index (κ3) is 2.44. The Balaban J connectivity index is 1.95. The summed E-state index contributed by atoms with van der Waals surface area (Å²) in [6.45, 7) is 2.65. The predicted molar refractivity (Wildman–Crippen MR) is 83.8 cm³/mol. The highest BCUT2D eigenvalue weighted by Crippen LogP contribution is 2.34. The minimum absolute atomic E-state index is 0.158. The standard InChI is InChI=1S/C15H20BrN3O/c1-17-8-10-4-5-11(16)7-13(10)19-6-2-3-12-14(19)9-18-15(12)20/h4-5,7,12,14,17H,2-3,6,8-9H2,1H3,(H,18,20). The number of benzene rings is 1. The first kappa shape index (κ1) is 13.9. The van der Waals surface area contributed by atoms with Crippen LogP contribution < -0.4 is 15.5 Å². The number of carbonyl (C=O) groups excluding carboxylic acids is 1. The van der Waals surface area contributed by atoms with Gasteiger partial charge in [0.1, 0.15) is 0 Å². The van der Waals surface area contributed by atoms with Gasteiger partial charge in [0, 0.05) is 29.8 Å². The highest BCUT2D eigenvalue weighted by atomic mass is 79.9. The van der Waals surface area contributed by atoms with E-state index in [-0.39, 0.29) is 11.8 Å². The fourth-order valence-electron chi connectivity index (χ4n) is 3.39. The van der Waals surface area contributed by atoms with Crippen molar-refractivity contribution in [2.45, 2.75) is 25.4 Å². The van der Waals surface area contributed by atoms with Gasteiger partial charge in [0.25, 0.3) is 0 Å². The molecule has 3 rings (SSSR count). The molecule has 2 aliphatic rings. The van der Waals surface area contributed by atoms with Crippen molar-refractivity contribution in [1.82, 2.24) is 10.6 Å². The van der Waals surface area contributed by atoms with E-state index in [0.29, 0.717) is 6.04 Å². The largest absolute Gasteiger partial charge is 0.366 e. The lowest BCUT2D eigenvalue weighted by Crippen LogP contribution is -2.46. The SMILES string of the molecule is CNCc1ccc(Br)cc1N1CCCC2C(=O)NCC21. The summed E-state index contributed by atoms with van der Waals surface area (Å²) in [6.07, 6.45) is 2.10. The van der Waals surface area contributed by atoms with Crippen LogP contribution in [-0.4, -0.2) is 32.1 Å². The van der Waals surface area contributed by atoms with Gasteiger partial charge < -0.3 is 15.5 Å². The van der Waals surface area contributed by atoms with Crippen LogP contribution in [0.4, 0.5) is 5.69 Å². The maximum absolute atomic E-state index is 11.9. The zero-order valence-electron chi connectivity index (χ0n) is 11.7. The van der Waals surface area contributed by atoms with Gasteiger partial charge in [0.05, 0.1) is 12.0 Å². The van der Waals surface area contributed by atoms with Gasteiger partial charge in [-0.1, -0.05) is 22.0 Å². The van der Waals surface area contributed by atoms with Crippen LogP contribution in [0.15, 0.2) is 22.7 Å². The number of nitrogens with one attached hydrogen (secondary N) is 2. The van der Waals surface area contributed by atoms with Crippen LogP contribution in [0.2, 0.25) is 0 Å². The summed E-state index contributed by atoms with van der Waals surface area (Å²) in [5.41, 5.74) is 2.54. The smallest absolute Gasteiger partial charge is 0.225 e. The van der Waals surface area contributed by atoms with E-state index >= 15 is 0 Å². The second-order valence-corrected chi connectivity index (χ2v) is 6.47. The molecule has 0 aromatic heterocycles. The molecule has 0 spiro atoms. The lowest BCUT2D eigenvalue weighted by molar-refractivity contribution is -0.122. The van der Waals surface area contributed by atoms with Crippen LogP contribution in [-0.2, 0) is 11.3 Å². The van der Waals surface area contributed by atoms with E-state index in [1.54, 1.807) is 0 Å². The zero-order valence-corrected chi connectivity index (χ0v) is 13.2. The summed E-state index contributed by atoms with van der Waals surface area (Å²) in [7, 11) is 1.96. The Labute approximate surface area is 128 Å². The fourth-order valence-corrected chi connectivity index (χ4v) is 3.74. The first-order valence-electron chi connectivity index (χ1n) is 7.18. The molecule has 0 aliphatic carbocycles. The number of carbonyl (C=O) groups is 1. The van der Waals surface area contributed by atoms with E-state index in [9.17, 15) is 4.79 Å². The van der Waals surface area contributed by atoms with Crippen LogP contribution in [0.1, 0.15) is 18.4 Å². The molecule has 2 N–H and O–H groups in total. The highest BCUT2D eigenvalue weighted by molar-refractivity contribution is 9.10. The summed E-state index contributed by atoms with van der Waals surface area (Å²) < 4.78 is 1.09. The molecule has 1 aromatic rings. The monoisotopic (exact) mass is 337 g/mol. The molecule has 2 fully saturated rings. The number of piperidine rings is 1. The summed E-state index contributed by atoms with van der Waals surface area (Å²) in [5.74, 6) is 0.384. The number of hydrogen-bond acceptors (Lipinski definition) is 3. The summed E-state index contributed by atoms with van der Waals surface area (Å²) in [6, 6.07) is 6.72. The van der Waals surface area contributed by atoms with E-state index in [2.05, 4.69) is 49.7 Å². The zero-order chi connectivity index (χ0) is 14.1. The summed E-state index contributed by atoms with van der Waals surface area (Å²) in [4.78, 5) is 14.3. The summed E-state index contributed by atoms with van der Waals surface area (Å²) in [5, 5.41) is 6.25. The second kappa shape index (κ2) is 5.74. The van der Waals surface area contributed by atoms with Gasteiger partial charge in [0.2, 0.25) is 5.91 Å². The Morgan fingerprint density at radius 2 is 2.35 bits per heavy atom. The maximum atomic E-state index is 11.9. The van der Waals surface area contributed by atoms with Gasteiger partial charge in [-0.05, 0) is 37.6 Å². The van der Waals surface area contributed by atoms with Crippen molar-refractivity contribution < 1.29 is 4.79 Å². The Bertz CT molecular complexity index is 520. The fraction of sp³-hybridized carbons (Fsp3) is 0.533. The average molecular weight is 338 g/mol. The van der Waals surface area contributed by atoms with Crippen LogP contribution in [0.5, 0.6) is 0 Å². The molecule has 108 valence electrons. The lowest BCUT2D eigenvalue weighted by Gasteiger charge is -2.39. The first-order valence-corrected chi connectivity index (χ1v) is 7.97. The van der Waals surface area contributed by atoms with Gasteiger partial charge in [-0.2, -0.15) is 0 Å². The molecule has 4 nitrogen and oxygen atoms in total. The van der Waals surface area contributed by atoms with Crippen LogP contribution in [0.25, 0.3) is 0 Å². The minimum Gasteiger partial charge on any atom is -0.366 e. The molecule has 2 aliphatic heterocycles. The van der Waals surface area contributed by atoms with E-state index in [1.165, 1.54) is 11.3 Å². The number of amides is 1. The number of halogens is 1. The molecular weight excluding hydrogens is 318 g/mol. The van der Waals surface area contributed by atoms with Crippen LogP contribution in [0.3, 0.4) is 0 Å². The Morgan fingerprint density at radius 3 is 3.15 bits per heavy atom. The van der Waals surface area contributed by atoms with E-state index < -0.39 is 0 Å². The molecule has 0 saturated carbocycles.